The van der Waals surface area contributed by atoms with Crippen molar-refractivity contribution in [1.29, 1.82) is 0 Å². The van der Waals surface area contributed by atoms with Crippen LogP contribution < -0.4 is 9.47 Å². The van der Waals surface area contributed by atoms with Crippen molar-refractivity contribution < 1.29 is 19.1 Å². The molecule has 3 unspecified atom stereocenters. The molecule has 0 radical (unpaired) electrons. The van der Waals surface area contributed by atoms with Crippen molar-refractivity contribution in [2.24, 2.45) is 11.8 Å². The summed E-state index contributed by atoms with van der Waals surface area (Å²) in [6.07, 6.45) is 10.8. The van der Waals surface area contributed by atoms with E-state index >= 15 is 0 Å². The minimum absolute atomic E-state index is 0.0695. The third-order valence-electron chi connectivity index (χ3n) is 7.70. The lowest BCUT2D eigenvalue weighted by Crippen LogP contribution is -2.22. The van der Waals surface area contributed by atoms with Gasteiger partial charge in [-0.05, 0) is 89.6 Å². The van der Waals surface area contributed by atoms with E-state index in [2.05, 4.69) is 47.3 Å². The fourth-order valence-corrected chi connectivity index (χ4v) is 5.01. The van der Waals surface area contributed by atoms with Crippen molar-refractivity contribution in [2.75, 3.05) is 20.6 Å². The Morgan fingerprint density at radius 1 is 1.08 bits per heavy atom. The van der Waals surface area contributed by atoms with Crippen molar-refractivity contribution in [2.45, 2.75) is 105 Å². The molecule has 0 heterocycles. The van der Waals surface area contributed by atoms with Crippen molar-refractivity contribution in [1.82, 2.24) is 4.90 Å². The number of unbranched alkanes of at least 4 members (excludes halogenated alkanes) is 2. The van der Waals surface area contributed by atoms with Crippen LogP contribution in [0, 0.1) is 11.8 Å². The SMILES string of the molecule is C=C(C)C1CCC(C)=CC1c1c(OC(=O)CCC(C)CC)cc(CCCCC)cc1OC(=O)CCN(C)C. The van der Waals surface area contributed by atoms with Gasteiger partial charge in [-0.2, -0.15) is 0 Å². The molecule has 0 amide bonds. The number of hydrogen-bond donors (Lipinski definition) is 0. The molecule has 3 atom stereocenters. The molecule has 0 saturated heterocycles. The van der Waals surface area contributed by atoms with Gasteiger partial charge in [0.2, 0.25) is 0 Å². The molecule has 0 aliphatic heterocycles. The van der Waals surface area contributed by atoms with Gasteiger partial charge in [0, 0.05) is 24.4 Å². The summed E-state index contributed by atoms with van der Waals surface area (Å²) in [5.74, 6) is 1.13. The van der Waals surface area contributed by atoms with E-state index < -0.39 is 0 Å². The highest BCUT2D eigenvalue weighted by Crippen LogP contribution is 2.47. The lowest BCUT2D eigenvalue weighted by Gasteiger charge is -2.32. The van der Waals surface area contributed by atoms with Crippen molar-refractivity contribution in [3.05, 3.63) is 47.1 Å². The number of hydrogen-bond acceptors (Lipinski definition) is 5. The Balaban J connectivity index is 2.60. The molecule has 0 N–H and O–H groups in total. The van der Waals surface area contributed by atoms with Crippen LogP contribution in [0.25, 0.3) is 0 Å². The molecule has 2 rings (SSSR count). The zero-order valence-electron chi connectivity index (χ0n) is 25.0. The standard InChI is InChI=1S/C33H51NO4/c1-9-11-12-13-26-21-29(37-31(35)17-15-24(5)10-2)33(28-20-25(6)14-16-27(28)23(3)4)30(22-26)38-32(36)18-19-34(7)8/h20-22,24,27-28H,3,9-19H2,1-2,4-8H3. The first-order valence-electron chi connectivity index (χ1n) is 14.6. The summed E-state index contributed by atoms with van der Waals surface area (Å²) in [7, 11) is 3.88. The topological polar surface area (TPSA) is 55.8 Å². The molecule has 5 heteroatoms. The van der Waals surface area contributed by atoms with E-state index in [0.717, 1.165) is 68.1 Å². The average Bonchev–Trinajstić information content (AvgIpc) is 2.86. The maximum absolute atomic E-state index is 13.1. The summed E-state index contributed by atoms with van der Waals surface area (Å²) in [4.78, 5) is 28.0. The third-order valence-corrected chi connectivity index (χ3v) is 7.70. The second-order valence-electron chi connectivity index (χ2n) is 11.5. The predicted octanol–water partition coefficient (Wildman–Crippen LogP) is 8.02. The number of benzene rings is 1. The van der Waals surface area contributed by atoms with Gasteiger partial charge in [-0.25, -0.2) is 0 Å². The zero-order chi connectivity index (χ0) is 28.2. The fourth-order valence-electron chi connectivity index (χ4n) is 5.01. The van der Waals surface area contributed by atoms with Gasteiger partial charge in [-0.1, -0.05) is 63.8 Å². The average molecular weight is 526 g/mol. The Morgan fingerprint density at radius 2 is 1.71 bits per heavy atom. The largest absolute Gasteiger partial charge is 0.426 e. The first-order chi connectivity index (χ1) is 18.0. The smallest absolute Gasteiger partial charge is 0.312 e. The van der Waals surface area contributed by atoms with Crippen molar-refractivity contribution in [3.8, 4) is 11.5 Å². The lowest BCUT2D eigenvalue weighted by atomic mass is 9.73. The van der Waals surface area contributed by atoms with Crippen LogP contribution in [-0.4, -0.2) is 37.5 Å². The van der Waals surface area contributed by atoms with Crippen LogP contribution in [0.5, 0.6) is 11.5 Å². The molecule has 1 aliphatic rings. The summed E-state index contributed by atoms with van der Waals surface area (Å²) < 4.78 is 12.2. The van der Waals surface area contributed by atoms with E-state index in [4.69, 9.17) is 9.47 Å². The van der Waals surface area contributed by atoms with Gasteiger partial charge in [0.15, 0.2) is 0 Å². The fraction of sp³-hybridized carbons (Fsp3) is 0.636. The van der Waals surface area contributed by atoms with Crippen LogP contribution in [0.2, 0.25) is 0 Å². The summed E-state index contributed by atoms with van der Waals surface area (Å²) >= 11 is 0. The molecule has 0 fully saturated rings. The number of aryl methyl sites for hydroxylation is 1. The molecule has 5 nitrogen and oxygen atoms in total. The van der Waals surface area contributed by atoms with E-state index in [1.54, 1.807) is 0 Å². The van der Waals surface area contributed by atoms with Crippen molar-refractivity contribution >= 4 is 11.9 Å². The summed E-state index contributed by atoms with van der Waals surface area (Å²) in [6.45, 7) is 15.6. The van der Waals surface area contributed by atoms with E-state index in [-0.39, 0.29) is 23.8 Å². The van der Waals surface area contributed by atoms with Gasteiger partial charge in [0.1, 0.15) is 11.5 Å². The highest BCUT2D eigenvalue weighted by atomic mass is 16.5. The van der Waals surface area contributed by atoms with Crippen LogP contribution >= 0.6 is 0 Å². The van der Waals surface area contributed by atoms with Gasteiger partial charge < -0.3 is 14.4 Å². The van der Waals surface area contributed by atoms with Gasteiger partial charge in [0.25, 0.3) is 0 Å². The minimum atomic E-state index is -0.275. The number of carbonyl (C=O) groups excluding carboxylic acids is 2. The maximum atomic E-state index is 13.1. The summed E-state index contributed by atoms with van der Waals surface area (Å²) in [6, 6.07) is 4.01. The van der Waals surface area contributed by atoms with E-state index in [1.165, 1.54) is 5.57 Å². The van der Waals surface area contributed by atoms with Gasteiger partial charge in [-0.15, -0.1) is 0 Å². The highest BCUT2D eigenvalue weighted by Gasteiger charge is 2.32. The second kappa shape index (κ2) is 15.9. The molecule has 0 bridgehead atoms. The summed E-state index contributed by atoms with van der Waals surface area (Å²) in [5.41, 5.74) is 4.21. The van der Waals surface area contributed by atoms with Gasteiger partial charge in [0.05, 0.1) is 6.42 Å². The monoisotopic (exact) mass is 525 g/mol. The van der Waals surface area contributed by atoms with Crippen LogP contribution in [0.1, 0.15) is 109 Å². The van der Waals surface area contributed by atoms with E-state index in [1.807, 2.05) is 31.1 Å². The maximum Gasteiger partial charge on any atom is 0.312 e. The normalized spacial score (nSPS) is 18.2. The Hall–Kier alpha value is -2.40. The second-order valence-corrected chi connectivity index (χ2v) is 11.5. The molecule has 0 aromatic heterocycles. The first-order valence-corrected chi connectivity index (χ1v) is 14.6. The molecular formula is C33H51NO4. The molecule has 38 heavy (non-hydrogen) atoms. The summed E-state index contributed by atoms with van der Waals surface area (Å²) in [5, 5.41) is 0. The number of ether oxygens (including phenoxy) is 2. The first kappa shape index (κ1) is 31.8. The van der Waals surface area contributed by atoms with E-state index in [9.17, 15) is 9.59 Å². The van der Waals surface area contributed by atoms with Gasteiger partial charge in [-0.3, -0.25) is 9.59 Å². The minimum Gasteiger partial charge on any atom is -0.426 e. The Labute approximate surface area is 231 Å². The number of allylic oxidation sites excluding steroid dienone is 3. The molecule has 1 aromatic carbocycles. The van der Waals surface area contributed by atoms with Crippen LogP contribution in [-0.2, 0) is 16.0 Å². The van der Waals surface area contributed by atoms with Crippen LogP contribution in [0.4, 0.5) is 0 Å². The number of carbonyl (C=O) groups is 2. The van der Waals surface area contributed by atoms with E-state index in [0.29, 0.717) is 36.8 Å². The third kappa shape index (κ3) is 10.1. The predicted molar refractivity (Wildman–Crippen MR) is 157 cm³/mol. The Kier molecular flexibility index (Phi) is 13.3. The molecule has 1 aromatic rings. The zero-order valence-corrected chi connectivity index (χ0v) is 25.0. The number of rotatable bonds is 15. The van der Waals surface area contributed by atoms with Gasteiger partial charge >= 0.3 is 11.9 Å². The quantitative estimate of drug-likeness (QED) is 0.100. The number of nitrogens with zero attached hydrogens (tertiary/aromatic N) is 1. The molecule has 0 spiro atoms. The Morgan fingerprint density at radius 3 is 2.26 bits per heavy atom. The highest BCUT2D eigenvalue weighted by molar-refractivity contribution is 5.76. The number of esters is 2. The molecule has 1 aliphatic carbocycles. The lowest BCUT2D eigenvalue weighted by molar-refractivity contribution is -0.135. The Bertz CT molecular complexity index is 977. The molecule has 0 saturated carbocycles. The molecular weight excluding hydrogens is 474 g/mol. The van der Waals surface area contributed by atoms with Crippen molar-refractivity contribution in [3.63, 3.8) is 0 Å². The molecule has 212 valence electrons. The van der Waals surface area contributed by atoms with Crippen LogP contribution in [0.15, 0.2) is 35.9 Å². The van der Waals surface area contributed by atoms with Crippen LogP contribution in [0.3, 0.4) is 0 Å².